The van der Waals surface area contributed by atoms with Gasteiger partial charge in [-0.2, -0.15) is 0 Å². The molecular weight excluding hydrogens is 370 g/mol. The van der Waals surface area contributed by atoms with Crippen LogP contribution in [-0.4, -0.2) is 16.9 Å². The van der Waals surface area contributed by atoms with Crippen molar-refractivity contribution in [3.05, 3.63) is 70.7 Å². The van der Waals surface area contributed by atoms with E-state index in [9.17, 15) is 13.6 Å². The number of ether oxygens (including phenoxy) is 1. The molecule has 1 amide bonds. The van der Waals surface area contributed by atoms with E-state index in [0.29, 0.717) is 17.5 Å². The Bertz CT molecular complexity index is 968. The summed E-state index contributed by atoms with van der Waals surface area (Å²) in [6.45, 7) is 0.00813. The summed E-state index contributed by atoms with van der Waals surface area (Å²) in [7, 11) is 0. The zero-order valence-corrected chi connectivity index (χ0v) is 15.1. The second-order valence-electron chi connectivity index (χ2n) is 6.33. The number of nitrogens with one attached hydrogen (secondary N) is 1. The van der Waals surface area contributed by atoms with Crippen LogP contribution < -0.4 is 10.1 Å². The molecule has 1 aromatic heterocycles. The Kier molecular flexibility index (Phi) is 4.85. The first kappa shape index (κ1) is 17.6. The predicted molar refractivity (Wildman–Crippen MR) is 98.7 cm³/mol. The highest BCUT2D eigenvalue weighted by Crippen LogP contribution is 2.27. The van der Waals surface area contributed by atoms with Crippen molar-refractivity contribution >= 4 is 17.2 Å². The van der Waals surface area contributed by atoms with E-state index in [2.05, 4.69) is 10.3 Å². The van der Waals surface area contributed by atoms with Gasteiger partial charge in [0.05, 0.1) is 0 Å². The van der Waals surface area contributed by atoms with Gasteiger partial charge in [0.25, 0.3) is 5.91 Å². The van der Waals surface area contributed by atoms with Crippen LogP contribution in [0.25, 0.3) is 10.6 Å². The van der Waals surface area contributed by atoms with Gasteiger partial charge in [0.2, 0.25) is 0 Å². The second-order valence-corrected chi connectivity index (χ2v) is 7.19. The fourth-order valence-corrected chi connectivity index (χ4v) is 3.30. The third-order valence-electron chi connectivity index (χ3n) is 4.16. The molecule has 138 valence electrons. The number of thiazole rings is 1. The van der Waals surface area contributed by atoms with E-state index in [1.54, 1.807) is 17.5 Å². The highest BCUT2D eigenvalue weighted by atomic mass is 32.1. The zero-order chi connectivity index (χ0) is 18.8. The minimum atomic E-state index is -0.633. The summed E-state index contributed by atoms with van der Waals surface area (Å²) in [5, 5.41) is 5.40. The van der Waals surface area contributed by atoms with Crippen molar-refractivity contribution in [1.82, 2.24) is 10.3 Å². The van der Waals surface area contributed by atoms with Gasteiger partial charge in [-0.1, -0.05) is 0 Å². The summed E-state index contributed by atoms with van der Waals surface area (Å²) in [5.41, 5.74) is 1.58. The van der Waals surface area contributed by atoms with Gasteiger partial charge in [-0.25, -0.2) is 13.8 Å². The third-order valence-corrected chi connectivity index (χ3v) is 5.05. The first-order valence-corrected chi connectivity index (χ1v) is 9.40. The maximum absolute atomic E-state index is 13.6. The van der Waals surface area contributed by atoms with Gasteiger partial charge in [0.1, 0.15) is 34.7 Å². The van der Waals surface area contributed by atoms with Crippen LogP contribution >= 0.6 is 11.3 Å². The highest BCUT2D eigenvalue weighted by molar-refractivity contribution is 7.13. The average molecular weight is 386 g/mol. The fraction of sp³-hybridized carbons (Fsp3) is 0.200. The maximum Gasteiger partial charge on any atom is 0.270 e. The number of nitrogens with zero attached hydrogens (tertiary/aromatic N) is 1. The summed E-state index contributed by atoms with van der Waals surface area (Å²) in [5.74, 6) is -0.826. The Hall–Kier alpha value is -2.80. The van der Waals surface area contributed by atoms with E-state index in [4.69, 9.17) is 4.74 Å². The Morgan fingerprint density at radius 3 is 2.67 bits per heavy atom. The zero-order valence-electron chi connectivity index (χ0n) is 14.2. The molecule has 1 fully saturated rings. The maximum atomic E-state index is 13.6. The summed E-state index contributed by atoms with van der Waals surface area (Å²) < 4.78 is 32.1. The lowest BCUT2D eigenvalue weighted by atomic mass is 10.2. The van der Waals surface area contributed by atoms with Crippen LogP contribution in [0.5, 0.6) is 5.75 Å². The van der Waals surface area contributed by atoms with Gasteiger partial charge in [0, 0.05) is 28.6 Å². The standard InChI is InChI=1S/C20H16F2N2O2S/c21-14-4-1-13(17(22)9-14)10-26-16-7-2-12(3-8-16)20-24-18(11-27-20)19(25)23-15-5-6-15/h1-4,7-9,11,15H,5-6,10H2,(H,23,25). The molecule has 7 heteroatoms. The van der Waals surface area contributed by atoms with E-state index < -0.39 is 11.6 Å². The Labute approximate surface area is 158 Å². The third kappa shape index (κ3) is 4.31. The second kappa shape index (κ2) is 7.44. The minimum Gasteiger partial charge on any atom is -0.489 e. The molecule has 27 heavy (non-hydrogen) atoms. The van der Waals surface area contributed by atoms with Crippen LogP contribution in [0.1, 0.15) is 28.9 Å². The molecule has 2 aromatic carbocycles. The molecule has 4 nitrogen and oxygen atoms in total. The van der Waals surface area contributed by atoms with E-state index in [1.165, 1.54) is 23.5 Å². The van der Waals surface area contributed by atoms with Gasteiger partial charge < -0.3 is 10.1 Å². The summed E-state index contributed by atoms with van der Waals surface area (Å²) in [6.07, 6.45) is 2.07. The molecular formula is C20H16F2N2O2S. The van der Waals surface area contributed by atoms with Crippen LogP contribution in [0.2, 0.25) is 0 Å². The number of carbonyl (C=O) groups is 1. The monoisotopic (exact) mass is 386 g/mol. The minimum absolute atomic E-state index is 0.00813. The fourth-order valence-electron chi connectivity index (χ4n) is 2.49. The van der Waals surface area contributed by atoms with Gasteiger partial charge in [-0.15, -0.1) is 11.3 Å². The molecule has 1 aliphatic rings. The summed E-state index contributed by atoms with van der Waals surface area (Å²) in [6, 6.07) is 10.9. The summed E-state index contributed by atoms with van der Waals surface area (Å²) in [4.78, 5) is 16.4. The molecule has 0 atom stereocenters. The van der Waals surface area contributed by atoms with Gasteiger partial charge in [-0.3, -0.25) is 4.79 Å². The molecule has 1 aliphatic carbocycles. The molecule has 0 bridgehead atoms. The van der Waals surface area contributed by atoms with Gasteiger partial charge in [-0.05, 0) is 49.2 Å². The highest BCUT2D eigenvalue weighted by Gasteiger charge is 2.24. The van der Waals surface area contributed by atoms with Crippen LogP contribution in [0, 0.1) is 11.6 Å². The topological polar surface area (TPSA) is 51.2 Å². The first-order valence-electron chi connectivity index (χ1n) is 8.52. The normalized spacial score (nSPS) is 13.4. The Morgan fingerprint density at radius 1 is 1.19 bits per heavy atom. The lowest BCUT2D eigenvalue weighted by Crippen LogP contribution is -2.25. The number of hydrogen-bond acceptors (Lipinski definition) is 4. The van der Waals surface area contributed by atoms with Crippen molar-refractivity contribution in [2.45, 2.75) is 25.5 Å². The smallest absolute Gasteiger partial charge is 0.270 e. The van der Waals surface area contributed by atoms with Crippen molar-refractivity contribution in [1.29, 1.82) is 0 Å². The molecule has 4 rings (SSSR count). The van der Waals surface area contributed by atoms with E-state index in [-0.39, 0.29) is 18.1 Å². The number of benzene rings is 2. The predicted octanol–water partition coefficient (Wildman–Crippen LogP) is 4.56. The SMILES string of the molecule is O=C(NC1CC1)c1csc(-c2ccc(OCc3ccc(F)cc3F)cc2)n1. The van der Waals surface area contributed by atoms with E-state index in [0.717, 1.165) is 29.5 Å². The molecule has 1 N–H and O–H groups in total. The van der Waals surface area contributed by atoms with Crippen LogP contribution in [0.4, 0.5) is 8.78 Å². The molecule has 0 saturated heterocycles. The van der Waals surface area contributed by atoms with Crippen molar-refractivity contribution in [3.8, 4) is 16.3 Å². The molecule has 0 radical (unpaired) electrons. The largest absolute Gasteiger partial charge is 0.489 e. The number of carbonyl (C=O) groups excluding carboxylic acids is 1. The number of hydrogen-bond donors (Lipinski definition) is 1. The van der Waals surface area contributed by atoms with E-state index >= 15 is 0 Å². The molecule has 3 aromatic rings. The number of halogens is 2. The molecule has 1 heterocycles. The molecule has 0 unspecified atom stereocenters. The van der Waals surface area contributed by atoms with Crippen molar-refractivity contribution in [2.75, 3.05) is 0 Å². The van der Waals surface area contributed by atoms with Crippen LogP contribution in [-0.2, 0) is 6.61 Å². The average Bonchev–Trinajstić information content (AvgIpc) is 3.33. The van der Waals surface area contributed by atoms with Crippen LogP contribution in [0.15, 0.2) is 47.8 Å². The quantitative estimate of drug-likeness (QED) is 0.676. The molecule has 0 aliphatic heterocycles. The number of amides is 1. The number of aromatic nitrogens is 1. The Balaban J connectivity index is 1.39. The molecule has 1 saturated carbocycles. The van der Waals surface area contributed by atoms with Gasteiger partial charge >= 0.3 is 0 Å². The molecule has 0 spiro atoms. The van der Waals surface area contributed by atoms with Gasteiger partial charge in [0.15, 0.2) is 0 Å². The lowest BCUT2D eigenvalue weighted by molar-refractivity contribution is 0.0947. The lowest BCUT2D eigenvalue weighted by Gasteiger charge is -2.07. The van der Waals surface area contributed by atoms with Crippen LogP contribution in [0.3, 0.4) is 0 Å². The van der Waals surface area contributed by atoms with Crippen molar-refractivity contribution < 1.29 is 18.3 Å². The number of rotatable bonds is 6. The van der Waals surface area contributed by atoms with E-state index in [1.807, 2.05) is 12.1 Å². The van der Waals surface area contributed by atoms with Crippen molar-refractivity contribution in [3.63, 3.8) is 0 Å². The van der Waals surface area contributed by atoms with Crippen molar-refractivity contribution in [2.24, 2.45) is 0 Å². The summed E-state index contributed by atoms with van der Waals surface area (Å²) >= 11 is 1.40. The first-order chi connectivity index (χ1) is 13.1. The Morgan fingerprint density at radius 2 is 1.96 bits per heavy atom.